The fraction of sp³-hybridized carbons (Fsp3) is 0.615. The SMILES string of the molecule is COCCOC(=O)/N=C(/N)N1CCC[C@H]1c1nc(-c2ccc(OCCC3CCCCC3)c(C(F)(F)F)c2)no1. The predicted molar refractivity (Wildman–Crippen MR) is 135 cm³/mol. The van der Waals surface area contributed by atoms with Gasteiger partial charge >= 0.3 is 12.3 Å². The second-order valence-electron chi connectivity index (χ2n) is 9.73. The second-order valence-corrected chi connectivity index (χ2v) is 9.73. The zero-order valence-corrected chi connectivity index (χ0v) is 21.9. The van der Waals surface area contributed by atoms with Crippen LogP contribution < -0.4 is 10.5 Å². The molecule has 2 N–H and O–H groups in total. The topological polar surface area (TPSA) is 125 Å². The van der Waals surface area contributed by atoms with Gasteiger partial charge in [0.05, 0.1) is 18.8 Å². The number of halogens is 3. The van der Waals surface area contributed by atoms with Crippen molar-refractivity contribution in [1.29, 1.82) is 0 Å². The molecule has 0 spiro atoms. The number of nitrogens with two attached hydrogens (primary N) is 1. The summed E-state index contributed by atoms with van der Waals surface area (Å²) >= 11 is 0. The molecule has 10 nitrogen and oxygen atoms in total. The number of rotatable bonds is 9. The number of guanidine groups is 1. The van der Waals surface area contributed by atoms with Crippen LogP contribution in [0.5, 0.6) is 5.75 Å². The molecule has 1 aliphatic carbocycles. The van der Waals surface area contributed by atoms with Crippen molar-refractivity contribution in [2.75, 3.05) is 33.5 Å². The number of ether oxygens (including phenoxy) is 3. The Hall–Kier alpha value is -3.35. The molecule has 2 aromatic rings. The van der Waals surface area contributed by atoms with Crippen molar-refractivity contribution in [2.24, 2.45) is 16.6 Å². The van der Waals surface area contributed by atoms with Crippen molar-refractivity contribution >= 4 is 12.1 Å². The highest BCUT2D eigenvalue weighted by atomic mass is 19.4. The van der Waals surface area contributed by atoms with E-state index in [1.54, 1.807) is 4.90 Å². The van der Waals surface area contributed by atoms with Gasteiger partial charge in [0.25, 0.3) is 0 Å². The molecular weight excluding hydrogens is 519 g/mol. The lowest BCUT2D eigenvalue weighted by Gasteiger charge is -2.22. The van der Waals surface area contributed by atoms with E-state index in [2.05, 4.69) is 15.1 Å². The molecule has 1 saturated carbocycles. The minimum absolute atomic E-state index is 0.00518. The summed E-state index contributed by atoms with van der Waals surface area (Å²) in [5.74, 6) is 0.379. The summed E-state index contributed by atoms with van der Waals surface area (Å²) in [6.45, 7) is 0.975. The minimum atomic E-state index is -4.62. The summed E-state index contributed by atoms with van der Waals surface area (Å²) in [6, 6.07) is 3.28. The van der Waals surface area contributed by atoms with Gasteiger partial charge in [-0.3, -0.25) is 0 Å². The number of likely N-dealkylation sites (tertiary alicyclic amines) is 1. The summed E-state index contributed by atoms with van der Waals surface area (Å²) < 4.78 is 62.4. The van der Waals surface area contributed by atoms with Gasteiger partial charge in [-0.2, -0.15) is 18.2 Å². The Morgan fingerprint density at radius 3 is 2.69 bits per heavy atom. The maximum absolute atomic E-state index is 13.9. The average molecular weight is 554 g/mol. The molecule has 0 radical (unpaired) electrons. The second kappa shape index (κ2) is 13.1. The van der Waals surface area contributed by atoms with Gasteiger partial charge in [-0.1, -0.05) is 37.3 Å². The molecule has 1 saturated heterocycles. The largest absolute Gasteiger partial charge is 0.493 e. The fourth-order valence-corrected chi connectivity index (χ4v) is 5.02. The van der Waals surface area contributed by atoms with Crippen LogP contribution in [-0.2, 0) is 15.7 Å². The molecule has 1 atom stereocenters. The van der Waals surface area contributed by atoms with E-state index in [0.29, 0.717) is 25.3 Å². The summed E-state index contributed by atoms with van der Waals surface area (Å²) in [5, 5.41) is 3.90. The molecule has 0 bridgehead atoms. The number of benzene rings is 1. The van der Waals surface area contributed by atoms with Gasteiger partial charge in [-0.15, -0.1) is 4.99 Å². The van der Waals surface area contributed by atoms with Gasteiger partial charge in [-0.05, 0) is 43.4 Å². The Morgan fingerprint density at radius 1 is 1.15 bits per heavy atom. The van der Waals surface area contributed by atoms with E-state index >= 15 is 0 Å². The van der Waals surface area contributed by atoms with E-state index in [9.17, 15) is 18.0 Å². The summed E-state index contributed by atoms with van der Waals surface area (Å²) in [4.78, 5) is 21.6. The number of aromatic nitrogens is 2. The van der Waals surface area contributed by atoms with Crippen molar-refractivity contribution < 1.29 is 36.7 Å². The molecule has 1 aliphatic heterocycles. The van der Waals surface area contributed by atoms with Crippen molar-refractivity contribution in [2.45, 2.75) is 63.6 Å². The molecule has 13 heteroatoms. The lowest BCUT2D eigenvalue weighted by Crippen LogP contribution is -2.37. The number of amides is 1. The van der Waals surface area contributed by atoms with Gasteiger partial charge < -0.3 is 29.4 Å². The number of aliphatic imine (C=N–C) groups is 1. The highest BCUT2D eigenvalue weighted by molar-refractivity contribution is 5.89. The summed E-state index contributed by atoms with van der Waals surface area (Å²) in [5.41, 5.74) is 5.27. The van der Waals surface area contributed by atoms with Crippen LogP contribution in [-0.4, -0.2) is 60.6 Å². The van der Waals surface area contributed by atoms with Crippen molar-refractivity contribution in [3.05, 3.63) is 29.7 Å². The summed E-state index contributed by atoms with van der Waals surface area (Å²) in [6.07, 6.45) is 2.31. The Kier molecular flexibility index (Phi) is 9.65. The van der Waals surface area contributed by atoms with E-state index < -0.39 is 23.9 Å². The monoisotopic (exact) mass is 553 g/mol. The van der Waals surface area contributed by atoms with Crippen molar-refractivity contribution in [1.82, 2.24) is 15.0 Å². The number of alkyl halides is 3. The molecule has 1 amide bonds. The molecule has 4 rings (SSSR count). The zero-order valence-electron chi connectivity index (χ0n) is 21.9. The Labute approximate surface area is 224 Å². The minimum Gasteiger partial charge on any atom is -0.493 e. The first-order valence-electron chi connectivity index (χ1n) is 13.2. The van der Waals surface area contributed by atoms with Crippen LogP contribution in [0, 0.1) is 5.92 Å². The summed E-state index contributed by atoms with van der Waals surface area (Å²) in [7, 11) is 1.48. The third-order valence-corrected chi connectivity index (χ3v) is 7.04. The van der Waals surface area contributed by atoms with Crippen LogP contribution in [0.25, 0.3) is 11.4 Å². The maximum Gasteiger partial charge on any atom is 0.436 e. The van der Waals surface area contributed by atoms with E-state index in [1.807, 2.05) is 0 Å². The maximum atomic E-state index is 13.9. The number of carbonyl (C=O) groups is 1. The lowest BCUT2D eigenvalue weighted by atomic mass is 9.87. The van der Waals surface area contributed by atoms with Gasteiger partial charge in [0, 0.05) is 19.2 Å². The normalized spacial score (nSPS) is 18.9. The number of hydrogen-bond acceptors (Lipinski definition) is 7. The Balaban J connectivity index is 1.45. The van der Waals surface area contributed by atoms with Gasteiger partial charge in [0.1, 0.15) is 18.4 Å². The lowest BCUT2D eigenvalue weighted by molar-refractivity contribution is -0.138. The number of carbonyl (C=O) groups excluding carboxylic acids is 1. The smallest absolute Gasteiger partial charge is 0.436 e. The van der Waals surface area contributed by atoms with Crippen LogP contribution in [0.3, 0.4) is 0 Å². The van der Waals surface area contributed by atoms with Gasteiger partial charge in [0.2, 0.25) is 17.7 Å². The molecule has 39 heavy (non-hydrogen) atoms. The first-order chi connectivity index (χ1) is 18.8. The molecule has 2 aliphatic rings. The van der Waals surface area contributed by atoms with Crippen LogP contribution in [0.2, 0.25) is 0 Å². The molecule has 2 heterocycles. The van der Waals surface area contributed by atoms with E-state index in [1.165, 1.54) is 38.5 Å². The predicted octanol–water partition coefficient (Wildman–Crippen LogP) is 5.34. The first-order valence-corrected chi connectivity index (χ1v) is 13.2. The van der Waals surface area contributed by atoms with Gasteiger partial charge in [0.15, 0.2) is 0 Å². The van der Waals surface area contributed by atoms with E-state index in [4.69, 9.17) is 24.5 Å². The van der Waals surface area contributed by atoms with E-state index in [0.717, 1.165) is 25.3 Å². The highest BCUT2D eigenvalue weighted by Gasteiger charge is 2.36. The number of hydrogen-bond donors (Lipinski definition) is 1. The molecule has 1 aromatic heterocycles. The third kappa shape index (κ3) is 7.61. The highest BCUT2D eigenvalue weighted by Crippen LogP contribution is 2.39. The Bertz CT molecular complexity index is 1130. The number of nitrogens with zero attached hydrogens (tertiary/aromatic N) is 4. The standard InChI is InChI=1S/C26H34F3N5O5/c1-36-14-15-38-25(35)32-24(30)34-12-5-8-20(34)23-31-22(33-39-23)18-9-10-21(19(16-18)26(27,28)29)37-13-11-17-6-3-2-4-7-17/h9-10,16-17,20H,2-8,11-15H2,1H3,(H2,30,32,35)/t20-/m0/s1. The molecular formula is C26H34F3N5O5. The van der Waals surface area contributed by atoms with Crippen molar-refractivity contribution in [3.8, 4) is 17.1 Å². The fourth-order valence-electron chi connectivity index (χ4n) is 5.02. The third-order valence-electron chi connectivity index (χ3n) is 7.04. The molecule has 214 valence electrons. The van der Waals surface area contributed by atoms with E-state index in [-0.39, 0.29) is 48.8 Å². The van der Waals surface area contributed by atoms with Crippen LogP contribution >= 0.6 is 0 Å². The zero-order chi connectivity index (χ0) is 27.8. The molecule has 1 aromatic carbocycles. The quantitative estimate of drug-likeness (QED) is 0.249. The first kappa shape index (κ1) is 28.7. The molecule has 0 unspecified atom stereocenters. The molecule has 2 fully saturated rings. The van der Waals surface area contributed by atoms with Crippen LogP contribution in [0.4, 0.5) is 18.0 Å². The average Bonchev–Trinajstić information content (AvgIpc) is 3.59. The van der Waals surface area contributed by atoms with Crippen molar-refractivity contribution in [3.63, 3.8) is 0 Å². The van der Waals surface area contributed by atoms with Crippen LogP contribution in [0.15, 0.2) is 27.7 Å². The van der Waals surface area contributed by atoms with Crippen LogP contribution in [0.1, 0.15) is 68.9 Å². The number of methoxy groups -OCH3 is 1. The Morgan fingerprint density at radius 2 is 1.95 bits per heavy atom. The van der Waals surface area contributed by atoms with Gasteiger partial charge in [-0.25, -0.2) is 4.79 Å².